The fourth-order valence-electron chi connectivity index (χ4n) is 2.93. The van der Waals surface area contributed by atoms with Crippen molar-refractivity contribution in [1.29, 1.82) is 0 Å². The van der Waals surface area contributed by atoms with Gasteiger partial charge in [0.15, 0.2) is 5.43 Å². The fraction of sp³-hybridized carbons (Fsp3) is 0.111. The largest absolute Gasteiger partial charge is 0.450 e. The van der Waals surface area contributed by atoms with E-state index in [0.29, 0.717) is 0 Å². The monoisotopic (exact) mass is 341 g/mol. The van der Waals surface area contributed by atoms with E-state index in [1.165, 1.54) is 12.1 Å². The molecule has 1 aromatic heterocycles. The smallest absolute Gasteiger partial charge is 0.288 e. The predicted octanol–water partition coefficient (Wildman–Crippen LogP) is 3.49. The third-order valence-corrected chi connectivity index (χ3v) is 4.85. The summed E-state index contributed by atoms with van der Waals surface area (Å²) in [5, 5.41) is 2.91. The number of amides is 1. The number of hydrogen-bond acceptors (Lipinski definition) is 4. The highest BCUT2D eigenvalue weighted by Gasteiger charge is 2.35. The lowest BCUT2D eigenvalue weighted by atomic mass is 9.99. The molecule has 1 unspecified atom stereocenters. The summed E-state index contributed by atoms with van der Waals surface area (Å²) in [5.41, 5.74) is 0.828. The average Bonchev–Trinajstić information content (AvgIpc) is 2.93. The first kappa shape index (κ1) is 15.0. The van der Waals surface area contributed by atoms with Crippen LogP contribution < -0.4 is 10.7 Å². The molecule has 0 saturated carbocycles. The molecule has 4 rings (SSSR count). The van der Waals surface area contributed by atoms with Crippen LogP contribution in [0.3, 0.4) is 0 Å². The van der Waals surface area contributed by atoms with Gasteiger partial charge in [0.25, 0.3) is 5.91 Å². The van der Waals surface area contributed by atoms with Gasteiger partial charge in [0.2, 0.25) is 5.76 Å². The van der Waals surface area contributed by atoms with Crippen LogP contribution in [-0.2, 0) is 0 Å². The predicted molar refractivity (Wildman–Crippen MR) is 90.0 cm³/mol. The van der Waals surface area contributed by atoms with Crippen LogP contribution in [0.4, 0.5) is 4.39 Å². The van der Waals surface area contributed by atoms with Crippen LogP contribution in [0.2, 0.25) is 0 Å². The summed E-state index contributed by atoms with van der Waals surface area (Å²) in [6.07, 6.45) is 1.97. The van der Waals surface area contributed by atoms with E-state index in [1.54, 1.807) is 11.8 Å². The Kier molecular flexibility index (Phi) is 3.42. The summed E-state index contributed by atoms with van der Waals surface area (Å²) < 4.78 is 19.0. The molecule has 1 atom stereocenters. The number of nitrogens with one attached hydrogen (secondary N) is 1. The molecule has 0 bridgehead atoms. The van der Waals surface area contributed by atoms with E-state index >= 15 is 0 Å². The molecule has 1 amide bonds. The summed E-state index contributed by atoms with van der Waals surface area (Å²) in [7, 11) is 0. The number of fused-ring (bicyclic) bond motifs is 2. The van der Waals surface area contributed by atoms with E-state index in [9.17, 15) is 14.0 Å². The van der Waals surface area contributed by atoms with Crippen molar-refractivity contribution in [3.8, 4) is 0 Å². The van der Waals surface area contributed by atoms with E-state index in [4.69, 9.17) is 4.42 Å². The van der Waals surface area contributed by atoms with Crippen molar-refractivity contribution in [3.63, 3.8) is 0 Å². The Morgan fingerprint density at radius 2 is 1.88 bits per heavy atom. The first-order chi connectivity index (χ1) is 11.6. The zero-order chi connectivity index (χ0) is 16.8. The van der Waals surface area contributed by atoms with E-state index < -0.39 is 17.8 Å². The number of carbonyl (C=O) groups excluding carboxylic acids is 1. The number of halogens is 1. The molecular weight excluding hydrogens is 329 g/mol. The van der Waals surface area contributed by atoms with E-state index in [0.717, 1.165) is 16.5 Å². The first-order valence-corrected chi connectivity index (χ1v) is 8.52. The highest BCUT2D eigenvalue weighted by atomic mass is 32.2. The standard InChI is InChI=1S/C18H12FNO3S/c1-24-11-5-2-9(3-6-11)15-14-16(21)12-8-10(19)4-7-13(12)23-17(14)18(22)20-15/h2-8,15H,1H3,(H,20,22). The van der Waals surface area contributed by atoms with Gasteiger partial charge in [-0.15, -0.1) is 11.8 Å². The van der Waals surface area contributed by atoms with Gasteiger partial charge in [0.05, 0.1) is 17.0 Å². The summed E-state index contributed by atoms with van der Waals surface area (Å²) >= 11 is 1.60. The van der Waals surface area contributed by atoms with Crippen LogP contribution in [-0.4, -0.2) is 12.2 Å². The molecule has 24 heavy (non-hydrogen) atoms. The molecule has 0 saturated heterocycles. The van der Waals surface area contributed by atoms with Crippen molar-refractivity contribution >= 4 is 28.6 Å². The minimum Gasteiger partial charge on any atom is -0.450 e. The Bertz CT molecular complexity index is 1030. The van der Waals surface area contributed by atoms with Crippen molar-refractivity contribution < 1.29 is 13.6 Å². The maximum atomic E-state index is 13.5. The van der Waals surface area contributed by atoms with Crippen molar-refractivity contribution in [3.05, 3.63) is 75.4 Å². The third-order valence-electron chi connectivity index (χ3n) is 4.11. The lowest BCUT2D eigenvalue weighted by Crippen LogP contribution is -2.21. The van der Waals surface area contributed by atoms with Gasteiger partial charge in [-0.25, -0.2) is 4.39 Å². The second-order valence-electron chi connectivity index (χ2n) is 5.49. The molecule has 3 aromatic rings. The van der Waals surface area contributed by atoms with E-state index in [2.05, 4.69) is 5.32 Å². The van der Waals surface area contributed by atoms with Crippen LogP contribution in [0.1, 0.15) is 27.7 Å². The minimum atomic E-state index is -0.590. The van der Waals surface area contributed by atoms with Gasteiger partial charge in [-0.3, -0.25) is 9.59 Å². The third kappa shape index (κ3) is 2.22. The van der Waals surface area contributed by atoms with Crippen LogP contribution in [0.5, 0.6) is 0 Å². The SMILES string of the molecule is CSc1ccc(C2NC(=O)c3oc4ccc(F)cc4c(=O)c32)cc1. The van der Waals surface area contributed by atoms with E-state index in [1.807, 2.05) is 30.5 Å². The number of rotatable bonds is 2. The number of hydrogen-bond donors (Lipinski definition) is 1. The van der Waals surface area contributed by atoms with Gasteiger partial charge >= 0.3 is 0 Å². The summed E-state index contributed by atoms with van der Waals surface area (Å²) in [6, 6.07) is 10.7. The maximum Gasteiger partial charge on any atom is 0.288 e. The van der Waals surface area contributed by atoms with Gasteiger partial charge in [-0.1, -0.05) is 12.1 Å². The molecule has 120 valence electrons. The molecule has 2 aromatic carbocycles. The van der Waals surface area contributed by atoms with Gasteiger partial charge in [-0.2, -0.15) is 0 Å². The second kappa shape index (κ2) is 5.49. The van der Waals surface area contributed by atoms with Gasteiger partial charge in [0, 0.05) is 4.90 Å². The Morgan fingerprint density at radius 3 is 2.58 bits per heavy atom. The minimum absolute atomic E-state index is 0.00180. The van der Waals surface area contributed by atoms with Crippen LogP contribution in [0.25, 0.3) is 11.0 Å². The first-order valence-electron chi connectivity index (χ1n) is 7.29. The van der Waals surface area contributed by atoms with Gasteiger partial charge < -0.3 is 9.73 Å². The normalized spacial score (nSPS) is 16.2. The lowest BCUT2D eigenvalue weighted by Gasteiger charge is -2.12. The highest BCUT2D eigenvalue weighted by molar-refractivity contribution is 7.98. The zero-order valence-electron chi connectivity index (χ0n) is 12.6. The Labute approximate surface area is 140 Å². The van der Waals surface area contributed by atoms with Gasteiger partial charge in [0.1, 0.15) is 11.4 Å². The Hall–Kier alpha value is -2.60. The summed E-state index contributed by atoms with van der Waals surface area (Å²) in [4.78, 5) is 26.1. The highest BCUT2D eigenvalue weighted by Crippen LogP contribution is 2.31. The molecule has 4 nitrogen and oxygen atoms in total. The Morgan fingerprint density at radius 1 is 1.12 bits per heavy atom. The van der Waals surface area contributed by atoms with Crippen molar-refractivity contribution in [2.24, 2.45) is 0 Å². The molecule has 1 N–H and O–H groups in total. The molecule has 0 fully saturated rings. The number of carbonyl (C=O) groups is 1. The fourth-order valence-corrected chi connectivity index (χ4v) is 3.34. The maximum absolute atomic E-state index is 13.5. The van der Waals surface area contributed by atoms with E-state index in [-0.39, 0.29) is 27.7 Å². The molecule has 1 aliphatic heterocycles. The molecule has 1 aliphatic rings. The topological polar surface area (TPSA) is 59.3 Å². The molecule has 0 spiro atoms. The Balaban J connectivity index is 1.93. The zero-order valence-corrected chi connectivity index (χ0v) is 13.4. The summed E-state index contributed by atoms with van der Waals surface area (Å²) in [6.45, 7) is 0. The molecule has 6 heteroatoms. The van der Waals surface area contributed by atoms with Crippen molar-refractivity contribution in [2.45, 2.75) is 10.9 Å². The molecule has 2 heterocycles. The number of benzene rings is 2. The second-order valence-corrected chi connectivity index (χ2v) is 6.37. The van der Waals surface area contributed by atoms with Crippen LogP contribution in [0, 0.1) is 5.82 Å². The molecule has 0 aliphatic carbocycles. The lowest BCUT2D eigenvalue weighted by molar-refractivity contribution is 0.0938. The quantitative estimate of drug-likeness (QED) is 0.725. The van der Waals surface area contributed by atoms with Crippen molar-refractivity contribution in [1.82, 2.24) is 5.32 Å². The average molecular weight is 341 g/mol. The van der Waals surface area contributed by atoms with Crippen LogP contribution >= 0.6 is 11.8 Å². The van der Waals surface area contributed by atoms with Crippen LogP contribution in [0.15, 0.2) is 56.6 Å². The van der Waals surface area contributed by atoms with Crippen molar-refractivity contribution in [2.75, 3.05) is 6.26 Å². The van der Waals surface area contributed by atoms with Gasteiger partial charge in [-0.05, 0) is 42.2 Å². The number of thioether (sulfide) groups is 1. The molecule has 0 radical (unpaired) electrons. The molecular formula is C18H12FNO3S. The summed E-state index contributed by atoms with van der Waals surface area (Å²) in [5.74, 6) is -0.960.